The van der Waals surface area contributed by atoms with Gasteiger partial charge < -0.3 is 10.6 Å². The molecule has 2 aromatic rings. The smallest absolute Gasteiger partial charge is 0.269 e. The molecule has 0 saturated heterocycles. The van der Waals surface area contributed by atoms with Crippen LogP contribution in [0.2, 0.25) is 0 Å². The van der Waals surface area contributed by atoms with Crippen LogP contribution in [-0.2, 0) is 0 Å². The van der Waals surface area contributed by atoms with Crippen molar-refractivity contribution in [1.82, 2.24) is 10.3 Å². The molecule has 1 aromatic heterocycles. The maximum atomic E-state index is 12.3. The maximum absolute atomic E-state index is 12.3. The van der Waals surface area contributed by atoms with Gasteiger partial charge in [0.1, 0.15) is 5.69 Å². The van der Waals surface area contributed by atoms with Gasteiger partial charge in [0.2, 0.25) is 0 Å². The second-order valence-electron chi connectivity index (χ2n) is 5.36. The largest absolute Gasteiger partial charge is 0.351 e. The molecule has 2 amide bonds. The molecule has 0 aliphatic heterocycles. The van der Waals surface area contributed by atoms with Crippen LogP contribution in [-0.4, -0.2) is 23.3 Å². The highest BCUT2D eigenvalue weighted by atomic mass is 79.9. The van der Waals surface area contributed by atoms with Gasteiger partial charge in [-0.25, -0.2) is 0 Å². The first-order valence-corrected chi connectivity index (χ1v) is 8.70. The average Bonchev–Trinajstić information content (AvgIpc) is 2.58. The Kier molecular flexibility index (Phi) is 6.93. The Labute approximate surface area is 150 Å². The monoisotopic (exact) mass is 389 g/mol. The van der Waals surface area contributed by atoms with Crippen molar-refractivity contribution < 1.29 is 9.59 Å². The summed E-state index contributed by atoms with van der Waals surface area (Å²) in [7, 11) is 0. The highest BCUT2D eigenvalue weighted by Crippen LogP contribution is 2.16. The van der Waals surface area contributed by atoms with Crippen LogP contribution in [0.1, 0.15) is 47.0 Å². The molecule has 0 radical (unpaired) electrons. The molecule has 24 heavy (non-hydrogen) atoms. The second-order valence-corrected chi connectivity index (χ2v) is 6.27. The molecule has 0 saturated carbocycles. The minimum absolute atomic E-state index is 0.244. The SMILES string of the molecule is CCCCCNC(=O)c1cc(C(=O)Nc2cccc(Br)c2)ccn1. The molecule has 6 heteroatoms. The van der Waals surface area contributed by atoms with Gasteiger partial charge in [-0.2, -0.15) is 0 Å². The van der Waals surface area contributed by atoms with E-state index >= 15 is 0 Å². The fourth-order valence-electron chi connectivity index (χ4n) is 2.13. The first-order chi connectivity index (χ1) is 11.6. The van der Waals surface area contributed by atoms with E-state index in [0.717, 1.165) is 23.7 Å². The number of anilines is 1. The highest BCUT2D eigenvalue weighted by Gasteiger charge is 2.12. The van der Waals surface area contributed by atoms with Gasteiger partial charge in [-0.3, -0.25) is 14.6 Å². The molecule has 2 rings (SSSR count). The number of pyridine rings is 1. The quantitative estimate of drug-likeness (QED) is 0.702. The molecule has 126 valence electrons. The summed E-state index contributed by atoms with van der Waals surface area (Å²) in [5.74, 6) is -0.543. The molecular formula is C18H20BrN3O2. The van der Waals surface area contributed by atoms with E-state index in [1.54, 1.807) is 18.2 Å². The second kappa shape index (κ2) is 9.17. The van der Waals surface area contributed by atoms with E-state index in [1.165, 1.54) is 12.3 Å². The molecule has 0 atom stereocenters. The fraction of sp³-hybridized carbons (Fsp3) is 0.278. The van der Waals surface area contributed by atoms with Crippen molar-refractivity contribution in [3.8, 4) is 0 Å². The Balaban J connectivity index is 2.01. The van der Waals surface area contributed by atoms with Crippen LogP contribution in [0.5, 0.6) is 0 Å². The van der Waals surface area contributed by atoms with Crippen molar-refractivity contribution >= 4 is 33.4 Å². The average molecular weight is 390 g/mol. The Morgan fingerprint density at radius 3 is 2.71 bits per heavy atom. The van der Waals surface area contributed by atoms with E-state index in [4.69, 9.17) is 0 Å². The summed E-state index contributed by atoms with van der Waals surface area (Å²) < 4.78 is 0.877. The fourth-order valence-corrected chi connectivity index (χ4v) is 2.53. The number of benzene rings is 1. The van der Waals surface area contributed by atoms with Crippen LogP contribution in [0, 0.1) is 0 Å². The number of unbranched alkanes of at least 4 members (excludes halogenated alkanes) is 2. The summed E-state index contributed by atoms with van der Waals surface area (Å²) in [6, 6.07) is 10.4. The summed E-state index contributed by atoms with van der Waals surface area (Å²) >= 11 is 3.36. The van der Waals surface area contributed by atoms with Gasteiger partial charge >= 0.3 is 0 Å². The third-order valence-corrected chi connectivity index (χ3v) is 3.90. The lowest BCUT2D eigenvalue weighted by Gasteiger charge is -2.07. The minimum atomic E-state index is -0.282. The molecule has 0 spiro atoms. The summed E-state index contributed by atoms with van der Waals surface area (Å²) in [6.07, 6.45) is 4.57. The minimum Gasteiger partial charge on any atom is -0.351 e. The molecule has 0 aliphatic carbocycles. The summed E-state index contributed by atoms with van der Waals surface area (Å²) in [5.41, 5.74) is 1.31. The van der Waals surface area contributed by atoms with Crippen molar-refractivity contribution in [2.75, 3.05) is 11.9 Å². The van der Waals surface area contributed by atoms with Gasteiger partial charge in [0, 0.05) is 28.5 Å². The van der Waals surface area contributed by atoms with E-state index in [9.17, 15) is 9.59 Å². The molecule has 0 bridgehead atoms. The number of amides is 2. The number of hydrogen-bond donors (Lipinski definition) is 2. The summed E-state index contributed by atoms with van der Waals surface area (Å²) in [4.78, 5) is 28.4. The van der Waals surface area contributed by atoms with Crippen LogP contribution < -0.4 is 10.6 Å². The molecule has 1 aromatic carbocycles. The standard InChI is InChI=1S/C18H20BrN3O2/c1-2-3-4-9-21-18(24)16-11-13(8-10-20-16)17(23)22-15-7-5-6-14(19)12-15/h5-8,10-12H,2-4,9H2,1H3,(H,21,24)(H,22,23). The third-order valence-electron chi connectivity index (χ3n) is 3.40. The Bertz CT molecular complexity index is 719. The van der Waals surface area contributed by atoms with E-state index in [1.807, 2.05) is 12.1 Å². The number of rotatable bonds is 7. The van der Waals surface area contributed by atoms with Crippen molar-refractivity contribution in [3.63, 3.8) is 0 Å². The Hall–Kier alpha value is -2.21. The first-order valence-electron chi connectivity index (χ1n) is 7.91. The van der Waals surface area contributed by atoms with Gasteiger partial charge in [0.05, 0.1) is 0 Å². The van der Waals surface area contributed by atoms with Crippen LogP contribution in [0.4, 0.5) is 5.69 Å². The number of nitrogens with zero attached hydrogens (tertiary/aromatic N) is 1. The highest BCUT2D eigenvalue weighted by molar-refractivity contribution is 9.10. The van der Waals surface area contributed by atoms with Gasteiger partial charge in [-0.05, 0) is 36.8 Å². The van der Waals surface area contributed by atoms with E-state index in [2.05, 4.69) is 38.5 Å². The summed E-state index contributed by atoms with van der Waals surface area (Å²) in [6.45, 7) is 2.72. The summed E-state index contributed by atoms with van der Waals surface area (Å²) in [5, 5.41) is 5.61. The number of aromatic nitrogens is 1. The maximum Gasteiger partial charge on any atom is 0.269 e. The number of carbonyl (C=O) groups is 2. The molecule has 5 nitrogen and oxygen atoms in total. The normalized spacial score (nSPS) is 10.2. The molecule has 0 aliphatic rings. The molecule has 0 fully saturated rings. The van der Waals surface area contributed by atoms with Crippen LogP contribution in [0.15, 0.2) is 47.1 Å². The van der Waals surface area contributed by atoms with Crippen LogP contribution >= 0.6 is 15.9 Å². The van der Waals surface area contributed by atoms with Crippen molar-refractivity contribution in [3.05, 3.63) is 58.3 Å². The van der Waals surface area contributed by atoms with Crippen molar-refractivity contribution in [1.29, 1.82) is 0 Å². The van der Waals surface area contributed by atoms with Gasteiger partial charge in [-0.15, -0.1) is 0 Å². The van der Waals surface area contributed by atoms with E-state index in [-0.39, 0.29) is 17.5 Å². The zero-order chi connectivity index (χ0) is 17.4. The lowest BCUT2D eigenvalue weighted by atomic mass is 10.2. The van der Waals surface area contributed by atoms with E-state index in [0.29, 0.717) is 17.8 Å². The lowest BCUT2D eigenvalue weighted by molar-refractivity contribution is 0.0948. The Morgan fingerprint density at radius 2 is 1.96 bits per heavy atom. The van der Waals surface area contributed by atoms with Gasteiger partial charge in [-0.1, -0.05) is 41.8 Å². The van der Waals surface area contributed by atoms with E-state index < -0.39 is 0 Å². The molecular weight excluding hydrogens is 370 g/mol. The van der Waals surface area contributed by atoms with Crippen molar-refractivity contribution in [2.24, 2.45) is 0 Å². The Morgan fingerprint density at radius 1 is 1.12 bits per heavy atom. The van der Waals surface area contributed by atoms with Crippen LogP contribution in [0.25, 0.3) is 0 Å². The zero-order valence-corrected chi connectivity index (χ0v) is 15.1. The predicted octanol–water partition coefficient (Wildman–Crippen LogP) is 4.02. The lowest BCUT2D eigenvalue weighted by Crippen LogP contribution is -2.25. The number of nitrogens with one attached hydrogen (secondary N) is 2. The van der Waals surface area contributed by atoms with Crippen LogP contribution in [0.3, 0.4) is 0 Å². The molecule has 0 unspecified atom stereocenters. The van der Waals surface area contributed by atoms with Crippen molar-refractivity contribution in [2.45, 2.75) is 26.2 Å². The number of hydrogen-bond acceptors (Lipinski definition) is 3. The number of carbonyl (C=O) groups excluding carboxylic acids is 2. The number of halogens is 1. The topological polar surface area (TPSA) is 71.1 Å². The molecule has 1 heterocycles. The first kappa shape index (κ1) is 18.1. The predicted molar refractivity (Wildman–Crippen MR) is 98.2 cm³/mol. The molecule has 2 N–H and O–H groups in total. The van der Waals surface area contributed by atoms with Gasteiger partial charge in [0.25, 0.3) is 11.8 Å². The third kappa shape index (κ3) is 5.45. The van der Waals surface area contributed by atoms with Gasteiger partial charge in [0.15, 0.2) is 0 Å². The zero-order valence-electron chi connectivity index (χ0n) is 13.5.